The molecule has 0 spiro atoms. The molecule has 3 aromatic rings. The Kier molecular flexibility index (Phi) is 7.52. The Morgan fingerprint density at radius 1 is 0.759 bits per heavy atom. The summed E-state index contributed by atoms with van der Waals surface area (Å²) >= 11 is 0. The number of carbonyl (C=O) groups excluding carboxylic acids is 2. The first kappa shape index (κ1) is 20.3. The summed E-state index contributed by atoms with van der Waals surface area (Å²) in [5.74, 6) is -0.733. The van der Waals surface area contributed by atoms with Crippen molar-refractivity contribution >= 4 is 11.9 Å². The molecule has 148 valence electrons. The summed E-state index contributed by atoms with van der Waals surface area (Å²) in [6, 6.07) is 20.3. The molecule has 0 radical (unpaired) electrons. The van der Waals surface area contributed by atoms with Crippen LogP contribution in [0.1, 0.15) is 44.7 Å². The second kappa shape index (κ2) is 10.8. The van der Waals surface area contributed by atoms with Crippen LogP contribution in [0.15, 0.2) is 79.1 Å². The fourth-order valence-corrected chi connectivity index (χ4v) is 2.96. The van der Waals surface area contributed by atoms with Crippen molar-refractivity contribution in [2.45, 2.75) is 25.7 Å². The number of pyridine rings is 1. The van der Waals surface area contributed by atoms with Gasteiger partial charge in [0.1, 0.15) is 0 Å². The Hall–Kier alpha value is -3.47. The van der Waals surface area contributed by atoms with E-state index in [0.717, 1.165) is 25.7 Å². The number of aryl methyl sites for hydroxylation is 2. The third kappa shape index (κ3) is 6.57. The Labute approximate surface area is 170 Å². The molecule has 3 rings (SSSR count). The second-order valence-electron chi connectivity index (χ2n) is 6.71. The SMILES string of the molecule is O=C(NCOC(=O)c1ccccc1)c1ccc(CCCCc2ccncc2)cc1. The topological polar surface area (TPSA) is 68.3 Å². The van der Waals surface area contributed by atoms with E-state index in [1.807, 2.05) is 42.7 Å². The first-order chi connectivity index (χ1) is 14.2. The summed E-state index contributed by atoms with van der Waals surface area (Å²) < 4.78 is 5.07. The molecule has 2 aromatic carbocycles. The van der Waals surface area contributed by atoms with E-state index in [2.05, 4.69) is 10.3 Å². The van der Waals surface area contributed by atoms with Gasteiger partial charge in [0.15, 0.2) is 6.73 Å². The predicted octanol–water partition coefficient (Wildman–Crippen LogP) is 4.19. The molecular formula is C24H24N2O3. The van der Waals surface area contributed by atoms with Gasteiger partial charge in [0, 0.05) is 18.0 Å². The van der Waals surface area contributed by atoms with Gasteiger partial charge in [-0.2, -0.15) is 0 Å². The molecule has 1 aromatic heterocycles. The number of unbranched alkanes of at least 4 members (excludes halogenated alkanes) is 1. The minimum atomic E-state index is -0.465. The van der Waals surface area contributed by atoms with E-state index in [-0.39, 0.29) is 12.6 Å². The van der Waals surface area contributed by atoms with E-state index in [9.17, 15) is 9.59 Å². The van der Waals surface area contributed by atoms with Gasteiger partial charge < -0.3 is 10.1 Å². The lowest BCUT2D eigenvalue weighted by Crippen LogP contribution is -2.27. The maximum Gasteiger partial charge on any atom is 0.339 e. The highest BCUT2D eigenvalue weighted by molar-refractivity contribution is 5.94. The normalized spacial score (nSPS) is 10.3. The molecule has 0 atom stereocenters. The highest BCUT2D eigenvalue weighted by Crippen LogP contribution is 2.10. The summed E-state index contributed by atoms with van der Waals surface area (Å²) in [5, 5.41) is 2.60. The fraction of sp³-hybridized carbons (Fsp3) is 0.208. The highest BCUT2D eigenvalue weighted by Gasteiger charge is 2.08. The standard InChI is InChI=1S/C24H24N2O3/c27-23(26-18-29-24(28)22-8-2-1-3-9-22)21-12-10-19(11-13-21)6-4-5-7-20-14-16-25-17-15-20/h1-3,8-17H,4-7,18H2,(H,26,27). The molecule has 0 fully saturated rings. The number of carbonyl (C=O) groups is 2. The van der Waals surface area contributed by atoms with Crippen LogP contribution >= 0.6 is 0 Å². The first-order valence-electron chi connectivity index (χ1n) is 9.70. The van der Waals surface area contributed by atoms with Gasteiger partial charge in [-0.1, -0.05) is 30.3 Å². The van der Waals surface area contributed by atoms with Crippen LogP contribution in [0.5, 0.6) is 0 Å². The number of nitrogens with zero attached hydrogens (tertiary/aromatic N) is 1. The zero-order chi connectivity index (χ0) is 20.3. The van der Waals surface area contributed by atoms with Gasteiger partial charge in [-0.25, -0.2) is 4.79 Å². The van der Waals surface area contributed by atoms with Gasteiger partial charge in [-0.15, -0.1) is 0 Å². The van der Waals surface area contributed by atoms with Crippen molar-refractivity contribution in [2.24, 2.45) is 0 Å². The van der Waals surface area contributed by atoms with Crippen LogP contribution < -0.4 is 5.32 Å². The fourth-order valence-electron chi connectivity index (χ4n) is 2.96. The zero-order valence-electron chi connectivity index (χ0n) is 16.2. The molecule has 1 heterocycles. The summed E-state index contributed by atoms with van der Waals surface area (Å²) in [6.07, 6.45) is 7.86. The quantitative estimate of drug-likeness (QED) is 0.339. The molecule has 0 aliphatic rings. The van der Waals surface area contributed by atoms with Gasteiger partial charge in [0.05, 0.1) is 5.56 Å². The number of nitrogens with one attached hydrogen (secondary N) is 1. The maximum atomic E-state index is 12.2. The zero-order valence-corrected chi connectivity index (χ0v) is 16.2. The van der Waals surface area contributed by atoms with Gasteiger partial charge in [0.25, 0.3) is 5.91 Å². The van der Waals surface area contributed by atoms with Crippen LogP contribution in [-0.2, 0) is 17.6 Å². The van der Waals surface area contributed by atoms with Crippen LogP contribution in [0.4, 0.5) is 0 Å². The molecule has 0 aliphatic heterocycles. The lowest BCUT2D eigenvalue weighted by Gasteiger charge is -2.08. The van der Waals surface area contributed by atoms with Gasteiger partial charge in [-0.05, 0) is 73.2 Å². The number of aromatic nitrogens is 1. The Balaban J connectivity index is 1.37. The number of rotatable bonds is 9. The lowest BCUT2D eigenvalue weighted by atomic mass is 10.0. The van der Waals surface area contributed by atoms with Crippen molar-refractivity contribution in [3.63, 3.8) is 0 Å². The molecule has 0 unspecified atom stereocenters. The number of amides is 1. The predicted molar refractivity (Wildman–Crippen MR) is 112 cm³/mol. The van der Waals surface area contributed by atoms with Crippen LogP contribution in [-0.4, -0.2) is 23.6 Å². The number of esters is 1. The molecule has 29 heavy (non-hydrogen) atoms. The van der Waals surface area contributed by atoms with Crippen molar-refractivity contribution < 1.29 is 14.3 Å². The summed E-state index contributed by atoms with van der Waals surface area (Å²) in [7, 11) is 0. The third-order valence-corrected chi connectivity index (χ3v) is 4.59. The Morgan fingerprint density at radius 3 is 2.03 bits per heavy atom. The molecule has 1 amide bonds. The lowest BCUT2D eigenvalue weighted by molar-refractivity contribution is 0.0464. The van der Waals surface area contributed by atoms with Gasteiger partial charge in [0.2, 0.25) is 0 Å². The number of hydrogen-bond acceptors (Lipinski definition) is 4. The van der Waals surface area contributed by atoms with Crippen molar-refractivity contribution in [3.8, 4) is 0 Å². The number of benzene rings is 2. The Bertz CT molecular complexity index is 910. The molecule has 0 bridgehead atoms. The largest absolute Gasteiger partial charge is 0.441 e. The second-order valence-corrected chi connectivity index (χ2v) is 6.71. The summed E-state index contributed by atoms with van der Waals surface area (Å²) in [4.78, 5) is 28.1. The van der Waals surface area contributed by atoms with Crippen LogP contribution in [0.2, 0.25) is 0 Å². The van der Waals surface area contributed by atoms with E-state index < -0.39 is 5.97 Å². The summed E-state index contributed by atoms with van der Waals surface area (Å²) in [5.41, 5.74) is 3.50. The molecule has 5 nitrogen and oxygen atoms in total. The van der Waals surface area contributed by atoms with Gasteiger partial charge in [-0.3, -0.25) is 9.78 Å². The molecule has 0 aliphatic carbocycles. The molecule has 5 heteroatoms. The Morgan fingerprint density at radius 2 is 1.38 bits per heavy atom. The van der Waals surface area contributed by atoms with Crippen LogP contribution in [0.3, 0.4) is 0 Å². The van der Waals surface area contributed by atoms with Crippen molar-refractivity contribution in [3.05, 3.63) is 101 Å². The average Bonchev–Trinajstić information content (AvgIpc) is 2.78. The molecule has 0 saturated heterocycles. The highest BCUT2D eigenvalue weighted by atomic mass is 16.5. The minimum absolute atomic E-state index is 0.163. The van der Waals surface area contributed by atoms with Gasteiger partial charge >= 0.3 is 5.97 Å². The smallest absolute Gasteiger partial charge is 0.339 e. The van der Waals surface area contributed by atoms with E-state index >= 15 is 0 Å². The minimum Gasteiger partial charge on any atom is -0.441 e. The number of hydrogen-bond donors (Lipinski definition) is 1. The molecular weight excluding hydrogens is 364 g/mol. The van der Waals surface area contributed by atoms with E-state index in [4.69, 9.17) is 4.74 Å². The monoisotopic (exact) mass is 388 g/mol. The summed E-state index contributed by atoms with van der Waals surface area (Å²) in [6.45, 7) is -0.163. The van der Waals surface area contributed by atoms with E-state index in [1.165, 1.54) is 11.1 Å². The molecule has 0 saturated carbocycles. The maximum absolute atomic E-state index is 12.2. The van der Waals surface area contributed by atoms with Crippen molar-refractivity contribution in [1.29, 1.82) is 0 Å². The van der Waals surface area contributed by atoms with Crippen LogP contribution in [0, 0.1) is 0 Å². The van der Waals surface area contributed by atoms with Crippen LogP contribution in [0.25, 0.3) is 0 Å². The number of ether oxygens (including phenoxy) is 1. The first-order valence-corrected chi connectivity index (χ1v) is 9.70. The van der Waals surface area contributed by atoms with E-state index in [0.29, 0.717) is 11.1 Å². The van der Waals surface area contributed by atoms with Crippen molar-refractivity contribution in [2.75, 3.05) is 6.73 Å². The van der Waals surface area contributed by atoms with Crippen molar-refractivity contribution in [1.82, 2.24) is 10.3 Å². The third-order valence-electron chi connectivity index (χ3n) is 4.59. The molecule has 1 N–H and O–H groups in total. The van der Waals surface area contributed by atoms with E-state index in [1.54, 1.807) is 36.4 Å². The average molecular weight is 388 g/mol.